The third-order valence-corrected chi connectivity index (χ3v) is 2.75. The second kappa shape index (κ2) is 8.54. The molecule has 0 unspecified atom stereocenters. The second-order valence-electron chi connectivity index (χ2n) is 4.35. The Morgan fingerprint density at radius 2 is 1.86 bits per heavy atom. The number of carbonyl (C=O) groups excluding carboxylic acids is 2. The van der Waals surface area contributed by atoms with E-state index in [-0.39, 0.29) is 11.9 Å². The van der Waals surface area contributed by atoms with E-state index in [0.717, 1.165) is 0 Å². The minimum absolute atomic E-state index is 0.0110. The maximum atomic E-state index is 12.0. The number of guanidine groups is 1. The van der Waals surface area contributed by atoms with E-state index in [2.05, 4.69) is 10.3 Å². The van der Waals surface area contributed by atoms with Crippen molar-refractivity contribution >= 4 is 17.8 Å². The summed E-state index contributed by atoms with van der Waals surface area (Å²) in [5.74, 6) is 4.30. The molecule has 0 fully saturated rings. The fourth-order valence-electron chi connectivity index (χ4n) is 1.70. The Bertz CT molecular complexity index is 499. The van der Waals surface area contributed by atoms with Gasteiger partial charge in [0.25, 0.3) is 11.8 Å². The summed E-state index contributed by atoms with van der Waals surface area (Å²) < 4.78 is 0. The fourth-order valence-corrected chi connectivity index (χ4v) is 1.70. The topological polar surface area (TPSA) is 149 Å². The van der Waals surface area contributed by atoms with Gasteiger partial charge in [0.15, 0.2) is 5.96 Å². The lowest BCUT2D eigenvalue weighted by molar-refractivity contribution is -0.123. The molecule has 0 heterocycles. The highest BCUT2D eigenvalue weighted by Crippen LogP contribution is 2.03. The molecule has 0 bridgehead atoms. The summed E-state index contributed by atoms with van der Waals surface area (Å²) in [6.07, 6.45) is 0.906. The molecular weight excluding hydrogens is 272 g/mol. The number of hydrogen-bond donors (Lipinski definition) is 5. The smallest absolute Gasteiger partial charge is 0.256 e. The standard InChI is InChI=1S/C13H20N6O2/c14-13(15)17-8-4-7-10(12(21)19-16)18-11(20)9-5-2-1-3-6-9/h1-3,5-6,10H,4,7-8,16H2,(H,18,20)(H,19,21)(H4,14,15,17)/t10-/m0/s1. The third kappa shape index (κ3) is 5.91. The molecule has 0 aliphatic rings. The van der Waals surface area contributed by atoms with Gasteiger partial charge in [0, 0.05) is 12.1 Å². The molecule has 8 heteroatoms. The van der Waals surface area contributed by atoms with Gasteiger partial charge in [-0.05, 0) is 25.0 Å². The number of amides is 2. The van der Waals surface area contributed by atoms with E-state index < -0.39 is 11.9 Å². The average molecular weight is 292 g/mol. The van der Waals surface area contributed by atoms with Crippen molar-refractivity contribution in [3.05, 3.63) is 35.9 Å². The lowest BCUT2D eigenvalue weighted by atomic mass is 10.1. The normalized spacial score (nSPS) is 11.3. The number of nitrogens with one attached hydrogen (secondary N) is 2. The van der Waals surface area contributed by atoms with Crippen molar-refractivity contribution in [2.45, 2.75) is 18.9 Å². The van der Waals surface area contributed by atoms with Crippen LogP contribution < -0.4 is 28.1 Å². The number of aliphatic imine (C=N–C) groups is 1. The SMILES string of the molecule is NNC(=O)[C@H](CCCN=C(N)N)NC(=O)c1ccccc1. The molecule has 1 atom stereocenters. The van der Waals surface area contributed by atoms with Crippen LogP contribution >= 0.6 is 0 Å². The zero-order valence-electron chi connectivity index (χ0n) is 11.6. The summed E-state index contributed by atoms with van der Waals surface area (Å²) >= 11 is 0. The molecule has 8 N–H and O–H groups in total. The van der Waals surface area contributed by atoms with Crippen molar-refractivity contribution in [3.8, 4) is 0 Å². The number of hydrogen-bond acceptors (Lipinski definition) is 4. The Labute approximate surface area is 122 Å². The highest BCUT2D eigenvalue weighted by atomic mass is 16.2. The van der Waals surface area contributed by atoms with Gasteiger partial charge in [0.05, 0.1) is 0 Å². The van der Waals surface area contributed by atoms with Crippen LogP contribution in [0.15, 0.2) is 35.3 Å². The lowest BCUT2D eigenvalue weighted by Gasteiger charge is -2.16. The van der Waals surface area contributed by atoms with E-state index in [0.29, 0.717) is 24.9 Å². The number of carbonyl (C=O) groups is 2. The number of rotatable bonds is 7. The van der Waals surface area contributed by atoms with Gasteiger partial charge in [0.1, 0.15) is 6.04 Å². The molecular formula is C13H20N6O2. The van der Waals surface area contributed by atoms with Crippen LogP contribution in [0.2, 0.25) is 0 Å². The van der Waals surface area contributed by atoms with E-state index in [1.165, 1.54) is 0 Å². The first kappa shape index (κ1) is 16.4. The predicted molar refractivity (Wildman–Crippen MR) is 79.9 cm³/mol. The molecule has 2 amide bonds. The van der Waals surface area contributed by atoms with Gasteiger partial charge in [-0.25, -0.2) is 5.84 Å². The monoisotopic (exact) mass is 292 g/mol. The predicted octanol–water partition coefficient (Wildman–Crippen LogP) is -1.17. The number of nitrogens with two attached hydrogens (primary N) is 3. The van der Waals surface area contributed by atoms with Gasteiger partial charge in [-0.2, -0.15) is 0 Å². The van der Waals surface area contributed by atoms with Gasteiger partial charge in [-0.1, -0.05) is 18.2 Å². The van der Waals surface area contributed by atoms with E-state index >= 15 is 0 Å². The molecule has 0 aromatic heterocycles. The summed E-state index contributed by atoms with van der Waals surface area (Å²) in [7, 11) is 0. The molecule has 21 heavy (non-hydrogen) atoms. The van der Waals surface area contributed by atoms with E-state index in [9.17, 15) is 9.59 Å². The largest absolute Gasteiger partial charge is 0.370 e. The van der Waals surface area contributed by atoms with Crippen LogP contribution in [0.5, 0.6) is 0 Å². The number of hydrazine groups is 1. The quantitative estimate of drug-likeness (QED) is 0.107. The van der Waals surface area contributed by atoms with E-state index in [1.54, 1.807) is 30.3 Å². The molecule has 0 saturated heterocycles. The summed E-state index contributed by atoms with van der Waals surface area (Å²) in [5.41, 5.74) is 12.9. The summed E-state index contributed by atoms with van der Waals surface area (Å²) in [6, 6.07) is 7.86. The van der Waals surface area contributed by atoms with Gasteiger partial charge < -0.3 is 16.8 Å². The van der Waals surface area contributed by atoms with Crippen LogP contribution in [0.3, 0.4) is 0 Å². The molecule has 0 spiro atoms. The summed E-state index contributed by atoms with van der Waals surface area (Å²) in [5, 5.41) is 2.63. The third-order valence-electron chi connectivity index (χ3n) is 2.75. The van der Waals surface area contributed by atoms with Crippen molar-refractivity contribution in [2.75, 3.05) is 6.54 Å². The molecule has 0 saturated carbocycles. The minimum Gasteiger partial charge on any atom is -0.370 e. The van der Waals surface area contributed by atoms with Crippen LogP contribution in [-0.2, 0) is 4.79 Å². The first-order chi connectivity index (χ1) is 10.0. The highest BCUT2D eigenvalue weighted by molar-refractivity contribution is 5.97. The van der Waals surface area contributed by atoms with Crippen LogP contribution in [0.1, 0.15) is 23.2 Å². The van der Waals surface area contributed by atoms with Gasteiger partial charge in [0.2, 0.25) is 0 Å². The van der Waals surface area contributed by atoms with Crippen molar-refractivity contribution in [1.82, 2.24) is 10.7 Å². The molecule has 114 valence electrons. The fraction of sp³-hybridized carbons (Fsp3) is 0.308. The Morgan fingerprint density at radius 3 is 2.43 bits per heavy atom. The maximum absolute atomic E-state index is 12.0. The summed E-state index contributed by atoms with van der Waals surface area (Å²) in [4.78, 5) is 27.5. The summed E-state index contributed by atoms with van der Waals surface area (Å²) in [6.45, 7) is 0.373. The Kier molecular flexibility index (Phi) is 6.69. The zero-order valence-corrected chi connectivity index (χ0v) is 11.6. The average Bonchev–Trinajstić information content (AvgIpc) is 2.50. The van der Waals surface area contributed by atoms with Crippen LogP contribution in [-0.4, -0.2) is 30.4 Å². The molecule has 1 rings (SSSR count). The first-order valence-corrected chi connectivity index (χ1v) is 6.46. The van der Waals surface area contributed by atoms with Crippen LogP contribution in [0, 0.1) is 0 Å². The molecule has 0 aliphatic heterocycles. The van der Waals surface area contributed by atoms with Gasteiger partial charge >= 0.3 is 0 Å². The van der Waals surface area contributed by atoms with E-state index in [1.807, 2.05) is 5.43 Å². The van der Waals surface area contributed by atoms with Crippen LogP contribution in [0.4, 0.5) is 0 Å². The molecule has 0 radical (unpaired) electrons. The van der Waals surface area contributed by atoms with Crippen LogP contribution in [0.25, 0.3) is 0 Å². The van der Waals surface area contributed by atoms with Gasteiger partial charge in [-0.3, -0.25) is 20.0 Å². The second-order valence-corrected chi connectivity index (χ2v) is 4.35. The Morgan fingerprint density at radius 1 is 1.19 bits per heavy atom. The Hall–Kier alpha value is -2.61. The van der Waals surface area contributed by atoms with Crippen molar-refractivity contribution < 1.29 is 9.59 Å². The molecule has 1 aromatic rings. The lowest BCUT2D eigenvalue weighted by Crippen LogP contribution is -2.49. The van der Waals surface area contributed by atoms with Gasteiger partial charge in [-0.15, -0.1) is 0 Å². The maximum Gasteiger partial charge on any atom is 0.256 e. The van der Waals surface area contributed by atoms with Crippen molar-refractivity contribution in [2.24, 2.45) is 22.3 Å². The first-order valence-electron chi connectivity index (χ1n) is 6.46. The zero-order chi connectivity index (χ0) is 15.7. The highest BCUT2D eigenvalue weighted by Gasteiger charge is 2.20. The molecule has 1 aromatic carbocycles. The van der Waals surface area contributed by atoms with Crippen molar-refractivity contribution in [1.29, 1.82) is 0 Å². The van der Waals surface area contributed by atoms with E-state index in [4.69, 9.17) is 17.3 Å². The molecule has 8 nitrogen and oxygen atoms in total. The number of nitrogens with zero attached hydrogens (tertiary/aromatic N) is 1. The number of benzene rings is 1. The van der Waals surface area contributed by atoms with Crippen molar-refractivity contribution in [3.63, 3.8) is 0 Å². The molecule has 0 aliphatic carbocycles. The minimum atomic E-state index is -0.739. The Balaban J connectivity index is 2.60.